The van der Waals surface area contributed by atoms with Crippen molar-refractivity contribution in [3.8, 4) is 0 Å². The largest absolute Gasteiger partial charge is 0.373 e. The van der Waals surface area contributed by atoms with Crippen LogP contribution in [0.2, 0.25) is 0 Å². The molecular formula is C9H19N3O2. The first-order valence-electron chi connectivity index (χ1n) is 5.12. The molecule has 1 aliphatic rings. The van der Waals surface area contributed by atoms with E-state index in [1.807, 2.05) is 6.92 Å². The number of rotatable bonds is 3. The van der Waals surface area contributed by atoms with Gasteiger partial charge < -0.3 is 20.7 Å². The van der Waals surface area contributed by atoms with Crippen LogP contribution in [0.1, 0.15) is 13.3 Å². The third kappa shape index (κ3) is 3.16. The molecule has 1 aliphatic heterocycles. The maximum absolute atomic E-state index is 11.5. The quantitative estimate of drug-likeness (QED) is 0.662. The second kappa shape index (κ2) is 5.82. The normalized spacial score (nSPS) is 22.1. The average molecular weight is 201 g/mol. The Bertz CT molecular complexity index is 187. The fourth-order valence-corrected chi connectivity index (χ4v) is 1.39. The second-order valence-corrected chi connectivity index (χ2v) is 3.41. The summed E-state index contributed by atoms with van der Waals surface area (Å²) in [6.07, 6.45) is 0.951. The first-order chi connectivity index (χ1) is 6.77. The number of nitrogens with zero attached hydrogens (tertiary/aromatic N) is 1. The minimum atomic E-state index is -0.00593. The van der Waals surface area contributed by atoms with Gasteiger partial charge in [-0.15, -0.1) is 0 Å². The second-order valence-electron chi connectivity index (χ2n) is 3.41. The lowest BCUT2D eigenvalue weighted by Crippen LogP contribution is -2.51. The van der Waals surface area contributed by atoms with Crippen LogP contribution in [0.15, 0.2) is 0 Å². The number of nitrogens with two attached hydrogens (primary N) is 1. The number of morpholine rings is 1. The van der Waals surface area contributed by atoms with E-state index in [9.17, 15) is 4.79 Å². The maximum Gasteiger partial charge on any atom is 0.317 e. The predicted molar refractivity (Wildman–Crippen MR) is 54.1 cm³/mol. The van der Waals surface area contributed by atoms with E-state index < -0.39 is 0 Å². The molecule has 1 unspecified atom stereocenters. The van der Waals surface area contributed by atoms with E-state index in [0.29, 0.717) is 26.2 Å². The summed E-state index contributed by atoms with van der Waals surface area (Å²) >= 11 is 0. The minimum absolute atomic E-state index is 0.00359. The van der Waals surface area contributed by atoms with Crippen molar-refractivity contribution in [1.29, 1.82) is 0 Å². The van der Waals surface area contributed by atoms with Crippen LogP contribution in [0.4, 0.5) is 4.79 Å². The van der Waals surface area contributed by atoms with Gasteiger partial charge >= 0.3 is 6.03 Å². The molecule has 2 amide bonds. The van der Waals surface area contributed by atoms with Crippen molar-refractivity contribution in [3.63, 3.8) is 0 Å². The summed E-state index contributed by atoms with van der Waals surface area (Å²) in [7, 11) is 0. The third-order valence-corrected chi connectivity index (χ3v) is 2.22. The molecule has 82 valence electrons. The Labute approximate surface area is 84.6 Å². The predicted octanol–water partition coefficient (Wildman–Crippen LogP) is -0.234. The highest BCUT2D eigenvalue weighted by Crippen LogP contribution is 2.03. The Balaban J connectivity index is 2.31. The van der Waals surface area contributed by atoms with Gasteiger partial charge in [0.05, 0.1) is 12.7 Å². The van der Waals surface area contributed by atoms with E-state index >= 15 is 0 Å². The maximum atomic E-state index is 11.5. The number of nitrogens with one attached hydrogen (secondary N) is 1. The zero-order valence-corrected chi connectivity index (χ0v) is 8.66. The van der Waals surface area contributed by atoms with Crippen LogP contribution in [-0.4, -0.2) is 49.8 Å². The minimum Gasteiger partial charge on any atom is -0.373 e. The summed E-state index contributed by atoms with van der Waals surface area (Å²) in [6, 6.07) is -0.00593. The summed E-state index contributed by atoms with van der Waals surface area (Å²) in [5, 5.41) is 2.84. The number of amides is 2. The van der Waals surface area contributed by atoms with Crippen LogP contribution in [-0.2, 0) is 4.74 Å². The molecule has 0 aromatic rings. The summed E-state index contributed by atoms with van der Waals surface area (Å²) in [4.78, 5) is 13.3. The van der Waals surface area contributed by atoms with E-state index in [1.165, 1.54) is 0 Å². The van der Waals surface area contributed by atoms with E-state index in [-0.39, 0.29) is 12.1 Å². The summed E-state index contributed by atoms with van der Waals surface area (Å²) in [5.74, 6) is 0. The van der Waals surface area contributed by atoms with Gasteiger partial charge in [0.15, 0.2) is 0 Å². The highest BCUT2D eigenvalue weighted by molar-refractivity contribution is 5.74. The number of carbonyl (C=O) groups excluding carboxylic acids is 1. The molecular weight excluding hydrogens is 182 g/mol. The van der Waals surface area contributed by atoms with Crippen LogP contribution < -0.4 is 11.1 Å². The van der Waals surface area contributed by atoms with Gasteiger partial charge in [0, 0.05) is 26.2 Å². The Morgan fingerprint density at radius 2 is 2.50 bits per heavy atom. The molecule has 0 aromatic heterocycles. The molecule has 0 radical (unpaired) electrons. The lowest BCUT2D eigenvalue weighted by Gasteiger charge is -2.32. The monoisotopic (exact) mass is 201 g/mol. The summed E-state index contributed by atoms with van der Waals surface area (Å²) in [5.41, 5.74) is 5.48. The lowest BCUT2D eigenvalue weighted by atomic mass is 10.3. The first kappa shape index (κ1) is 11.3. The van der Waals surface area contributed by atoms with Crippen molar-refractivity contribution in [2.24, 2.45) is 5.73 Å². The molecule has 0 spiro atoms. The van der Waals surface area contributed by atoms with Gasteiger partial charge in [-0.25, -0.2) is 4.79 Å². The number of ether oxygens (including phenoxy) is 1. The van der Waals surface area contributed by atoms with E-state index in [1.54, 1.807) is 4.90 Å². The van der Waals surface area contributed by atoms with Gasteiger partial charge in [0.1, 0.15) is 0 Å². The van der Waals surface area contributed by atoms with Crippen molar-refractivity contribution in [3.05, 3.63) is 0 Å². The SMILES string of the molecule is CCCNC(=O)N1CCOC(CN)C1. The topological polar surface area (TPSA) is 67.6 Å². The third-order valence-electron chi connectivity index (χ3n) is 2.22. The fraction of sp³-hybridized carbons (Fsp3) is 0.889. The van der Waals surface area contributed by atoms with Crippen LogP contribution in [0, 0.1) is 0 Å². The van der Waals surface area contributed by atoms with Crippen molar-refractivity contribution >= 4 is 6.03 Å². The van der Waals surface area contributed by atoms with Crippen LogP contribution in [0.25, 0.3) is 0 Å². The number of hydrogen-bond acceptors (Lipinski definition) is 3. The molecule has 1 rings (SSSR count). The smallest absolute Gasteiger partial charge is 0.317 e. The highest BCUT2D eigenvalue weighted by Gasteiger charge is 2.22. The van der Waals surface area contributed by atoms with Gasteiger partial charge in [-0.1, -0.05) is 6.92 Å². The standard InChI is InChI=1S/C9H19N3O2/c1-2-3-11-9(13)12-4-5-14-8(6-10)7-12/h8H,2-7,10H2,1H3,(H,11,13). The molecule has 1 atom stereocenters. The van der Waals surface area contributed by atoms with E-state index in [0.717, 1.165) is 13.0 Å². The Hall–Kier alpha value is -0.810. The number of hydrogen-bond donors (Lipinski definition) is 2. The van der Waals surface area contributed by atoms with Crippen LogP contribution in [0.3, 0.4) is 0 Å². The van der Waals surface area contributed by atoms with Gasteiger partial charge in [0.2, 0.25) is 0 Å². The molecule has 0 aliphatic carbocycles. The molecule has 3 N–H and O–H groups in total. The molecule has 1 heterocycles. The van der Waals surface area contributed by atoms with Gasteiger partial charge in [-0.2, -0.15) is 0 Å². The molecule has 1 saturated heterocycles. The van der Waals surface area contributed by atoms with Crippen molar-refractivity contribution < 1.29 is 9.53 Å². The van der Waals surface area contributed by atoms with Crippen molar-refractivity contribution in [1.82, 2.24) is 10.2 Å². The van der Waals surface area contributed by atoms with Gasteiger partial charge in [-0.3, -0.25) is 0 Å². The summed E-state index contributed by atoms with van der Waals surface area (Å²) < 4.78 is 5.37. The van der Waals surface area contributed by atoms with Crippen LogP contribution in [0.5, 0.6) is 0 Å². The molecule has 0 bridgehead atoms. The molecule has 14 heavy (non-hydrogen) atoms. The molecule has 0 aromatic carbocycles. The number of carbonyl (C=O) groups is 1. The zero-order chi connectivity index (χ0) is 10.4. The molecule has 5 nitrogen and oxygen atoms in total. The van der Waals surface area contributed by atoms with E-state index in [2.05, 4.69) is 5.32 Å². The Kier molecular flexibility index (Phi) is 4.69. The van der Waals surface area contributed by atoms with Crippen molar-refractivity contribution in [2.45, 2.75) is 19.4 Å². The van der Waals surface area contributed by atoms with E-state index in [4.69, 9.17) is 10.5 Å². The Morgan fingerprint density at radius 1 is 1.71 bits per heavy atom. The Morgan fingerprint density at radius 3 is 3.14 bits per heavy atom. The highest BCUT2D eigenvalue weighted by atomic mass is 16.5. The first-order valence-corrected chi connectivity index (χ1v) is 5.12. The lowest BCUT2D eigenvalue weighted by molar-refractivity contribution is -0.00856. The number of urea groups is 1. The van der Waals surface area contributed by atoms with Gasteiger partial charge in [0.25, 0.3) is 0 Å². The molecule has 5 heteroatoms. The van der Waals surface area contributed by atoms with Crippen molar-refractivity contribution in [2.75, 3.05) is 32.8 Å². The fourth-order valence-electron chi connectivity index (χ4n) is 1.39. The summed E-state index contributed by atoms with van der Waals surface area (Å²) in [6.45, 7) is 5.07. The van der Waals surface area contributed by atoms with Gasteiger partial charge in [-0.05, 0) is 6.42 Å². The molecule has 1 fully saturated rings. The average Bonchev–Trinajstić information content (AvgIpc) is 2.26. The van der Waals surface area contributed by atoms with Crippen LogP contribution >= 0.6 is 0 Å². The zero-order valence-electron chi connectivity index (χ0n) is 8.66. The molecule has 0 saturated carbocycles.